The van der Waals surface area contributed by atoms with Crippen LogP contribution in [0.5, 0.6) is 0 Å². The van der Waals surface area contributed by atoms with Crippen LogP contribution in [-0.4, -0.2) is 27.8 Å². The molecule has 86 valence electrons. The number of nitrogens with one attached hydrogen (secondary N) is 1. The Hall–Kier alpha value is 0.110. The van der Waals surface area contributed by atoms with Gasteiger partial charge in [-0.05, 0) is 19.4 Å². The van der Waals surface area contributed by atoms with Crippen LogP contribution in [0.2, 0.25) is 0 Å². The van der Waals surface area contributed by atoms with E-state index in [2.05, 4.69) is 19.2 Å². The first-order valence-corrected chi connectivity index (χ1v) is 7.10. The van der Waals surface area contributed by atoms with Gasteiger partial charge in [0.15, 0.2) is 0 Å². The zero-order valence-electron chi connectivity index (χ0n) is 10.0. The molecule has 0 aliphatic heterocycles. The lowest BCUT2D eigenvalue weighted by Gasteiger charge is -2.18. The van der Waals surface area contributed by atoms with Gasteiger partial charge in [-0.15, -0.1) is 0 Å². The van der Waals surface area contributed by atoms with Crippen LogP contribution in [0.3, 0.4) is 0 Å². The van der Waals surface area contributed by atoms with Crippen LogP contribution in [0.1, 0.15) is 47.0 Å². The molecule has 14 heavy (non-hydrogen) atoms. The minimum Gasteiger partial charge on any atom is -0.313 e. The van der Waals surface area contributed by atoms with Gasteiger partial charge in [0.25, 0.3) is 0 Å². The Labute approximate surface area is 91.3 Å². The van der Waals surface area contributed by atoms with Gasteiger partial charge in [-0.2, -0.15) is 0 Å². The maximum absolute atomic E-state index is 11.7. The molecule has 3 heteroatoms. The highest BCUT2D eigenvalue weighted by Crippen LogP contribution is 2.03. The van der Waals surface area contributed by atoms with Crippen LogP contribution < -0.4 is 5.32 Å². The second-order valence-electron chi connectivity index (χ2n) is 4.04. The quantitative estimate of drug-likeness (QED) is 0.679. The van der Waals surface area contributed by atoms with Gasteiger partial charge in [0.1, 0.15) is 0 Å². The van der Waals surface area contributed by atoms with Crippen molar-refractivity contribution in [1.82, 2.24) is 5.32 Å². The second-order valence-corrected chi connectivity index (χ2v) is 6.07. The lowest BCUT2D eigenvalue weighted by Crippen LogP contribution is -2.35. The summed E-state index contributed by atoms with van der Waals surface area (Å²) in [6.07, 6.45) is 3.45. The van der Waals surface area contributed by atoms with Gasteiger partial charge < -0.3 is 5.32 Å². The summed E-state index contributed by atoms with van der Waals surface area (Å²) in [5.41, 5.74) is 0. The van der Waals surface area contributed by atoms with Crippen molar-refractivity contribution in [3.8, 4) is 0 Å². The van der Waals surface area contributed by atoms with E-state index >= 15 is 0 Å². The molecule has 0 bridgehead atoms. The number of rotatable bonds is 8. The van der Waals surface area contributed by atoms with Crippen molar-refractivity contribution in [1.29, 1.82) is 0 Å². The van der Waals surface area contributed by atoms with E-state index in [0.29, 0.717) is 6.04 Å². The predicted molar refractivity (Wildman–Crippen MR) is 65.1 cm³/mol. The molecular formula is C11H25NOS. The maximum Gasteiger partial charge on any atom is 0.0391 e. The van der Waals surface area contributed by atoms with Gasteiger partial charge in [0.2, 0.25) is 0 Å². The van der Waals surface area contributed by atoms with E-state index in [0.717, 1.165) is 31.6 Å². The van der Waals surface area contributed by atoms with Crippen LogP contribution in [0, 0.1) is 0 Å². The van der Waals surface area contributed by atoms with Crippen LogP contribution in [-0.2, 0) is 10.8 Å². The first-order chi connectivity index (χ1) is 6.61. The minimum atomic E-state index is -0.669. The summed E-state index contributed by atoms with van der Waals surface area (Å²) >= 11 is 0. The molecule has 0 aromatic rings. The zero-order chi connectivity index (χ0) is 11.0. The Balaban J connectivity index is 3.88. The Morgan fingerprint density at radius 1 is 1.21 bits per heavy atom. The van der Waals surface area contributed by atoms with Crippen LogP contribution in [0.4, 0.5) is 0 Å². The molecule has 0 spiro atoms. The highest BCUT2D eigenvalue weighted by molar-refractivity contribution is 7.85. The van der Waals surface area contributed by atoms with Gasteiger partial charge in [0, 0.05) is 27.8 Å². The van der Waals surface area contributed by atoms with Crippen LogP contribution >= 0.6 is 0 Å². The predicted octanol–water partition coefficient (Wildman–Crippen LogP) is 2.31. The summed E-state index contributed by atoms with van der Waals surface area (Å²) < 4.78 is 11.7. The smallest absolute Gasteiger partial charge is 0.0391 e. The molecule has 0 saturated heterocycles. The molecular weight excluding hydrogens is 194 g/mol. The van der Waals surface area contributed by atoms with Gasteiger partial charge in [-0.1, -0.05) is 34.1 Å². The average Bonchev–Trinajstić information content (AvgIpc) is 2.14. The van der Waals surface area contributed by atoms with Crippen molar-refractivity contribution in [3.05, 3.63) is 0 Å². The van der Waals surface area contributed by atoms with Crippen LogP contribution in [0.15, 0.2) is 0 Å². The molecule has 1 N–H and O–H groups in total. The standard InChI is InChI=1S/C11H25NOS/c1-5-7-11(12-8-6-2)9-14(13)10(3)4/h10-12H,5-9H2,1-4H3. The van der Waals surface area contributed by atoms with E-state index < -0.39 is 10.8 Å². The summed E-state index contributed by atoms with van der Waals surface area (Å²) in [7, 11) is -0.669. The van der Waals surface area contributed by atoms with E-state index in [-0.39, 0.29) is 5.25 Å². The fourth-order valence-electron chi connectivity index (χ4n) is 1.33. The highest BCUT2D eigenvalue weighted by atomic mass is 32.2. The monoisotopic (exact) mass is 219 g/mol. The summed E-state index contributed by atoms with van der Waals surface area (Å²) in [5.74, 6) is 0.811. The van der Waals surface area contributed by atoms with Gasteiger partial charge >= 0.3 is 0 Å². The summed E-state index contributed by atoms with van der Waals surface area (Å²) in [6, 6.07) is 0.447. The summed E-state index contributed by atoms with van der Waals surface area (Å²) in [4.78, 5) is 0. The first-order valence-electron chi connectivity index (χ1n) is 5.72. The lowest BCUT2D eigenvalue weighted by molar-refractivity contribution is 0.509. The molecule has 0 aromatic heterocycles. The largest absolute Gasteiger partial charge is 0.313 e. The SMILES string of the molecule is CCCNC(CCC)CS(=O)C(C)C. The fraction of sp³-hybridized carbons (Fsp3) is 1.00. The minimum absolute atomic E-state index is 0.290. The lowest BCUT2D eigenvalue weighted by atomic mass is 10.2. The fourth-order valence-corrected chi connectivity index (χ4v) is 2.40. The molecule has 2 atom stereocenters. The molecule has 0 aliphatic carbocycles. The molecule has 0 aromatic carbocycles. The normalized spacial score (nSPS) is 15.8. The highest BCUT2D eigenvalue weighted by Gasteiger charge is 2.13. The van der Waals surface area contributed by atoms with Crippen molar-refractivity contribution in [2.24, 2.45) is 0 Å². The summed E-state index contributed by atoms with van der Waals surface area (Å²) in [6.45, 7) is 9.44. The topological polar surface area (TPSA) is 29.1 Å². The molecule has 0 saturated carbocycles. The third-order valence-electron chi connectivity index (χ3n) is 2.21. The van der Waals surface area contributed by atoms with Crippen molar-refractivity contribution in [3.63, 3.8) is 0 Å². The van der Waals surface area contributed by atoms with Crippen LogP contribution in [0.25, 0.3) is 0 Å². The molecule has 0 fully saturated rings. The van der Waals surface area contributed by atoms with E-state index in [4.69, 9.17) is 0 Å². The molecule has 0 heterocycles. The molecule has 0 amide bonds. The Morgan fingerprint density at radius 2 is 1.86 bits per heavy atom. The maximum atomic E-state index is 11.7. The Bertz CT molecular complexity index is 159. The first kappa shape index (κ1) is 14.1. The van der Waals surface area contributed by atoms with Gasteiger partial charge in [0.05, 0.1) is 0 Å². The van der Waals surface area contributed by atoms with E-state index in [1.165, 1.54) is 0 Å². The number of hydrogen-bond donors (Lipinski definition) is 1. The third kappa shape index (κ3) is 6.55. The van der Waals surface area contributed by atoms with Crippen molar-refractivity contribution < 1.29 is 4.21 Å². The second kappa shape index (κ2) is 8.42. The van der Waals surface area contributed by atoms with Crippen molar-refractivity contribution in [2.45, 2.75) is 58.2 Å². The average molecular weight is 219 g/mol. The third-order valence-corrected chi connectivity index (χ3v) is 3.99. The molecule has 2 nitrogen and oxygen atoms in total. The molecule has 0 rings (SSSR count). The van der Waals surface area contributed by atoms with Crippen molar-refractivity contribution >= 4 is 10.8 Å². The van der Waals surface area contributed by atoms with E-state index in [9.17, 15) is 4.21 Å². The Morgan fingerprint density at radius 3 is 2.29 bits per heavy atom. The van der Waals surface area contributed by atoms with Gasteiger partial charge in [-0.3, -0.25) is 4.21 Å². The van der Waals surface area contributed by atoms with E-state index in [1.54, 1.807) is 0 Å². The van der Waals surface area contributed by atoms with E-state index in [1.807, 2.05) is 13.8 Å². The number of hydrogen-bond acceptors (Lipinski definition) is 2. The molecule has 0 radical (unpaired) electrons. The van der Waals surface area contributed by atoms with Crippen molar-refractivity contribution in [2.75, 3.05) is 12.3 Å². The molecule has 0 aliphatic rings. The zero-order valence-corrected chi connectivity index (χ0v) is 10.8. The summed E-state index contributed by atoms with van der Waals surface area (Å²) in [5, 5.41) is 3.75. The molecule has 2 unspecified atom stereocenters. The Kier molecular flexibility index (Phi) is 8.49. The van der Waals surface area contributed by atoms with Gasteiger partial charge in [-0.25, -0.2) is 0 Å².